The number of nitrogens with one attached hydrogen (secondary N) is 1. The van der Waals surface area contributed by atoms with Gasteiger partial charge < -0.3 is 5.73 Å². The van der Waals surface area contributed by atoms with Crippen molar-refractivity contribution in [2.45, 2.75) is 11.8 Å². The molecule has 0 radical (unpaired) electrons. The summed E-state index contributed by atoms with van der Waals surface area (Å²) in [6, 6.07) is 9.88. The Morgan fingerprint density at radius 3 is 2.50 bits per heavy atom. The van der Waals surface area contributed by atoms with Crippen molar-refractivity contribution < 1.29 is 8.42 Å². The second-order valence-corrected chi connectivity index (χ2v) is 7.56. The molecule has 0 aliphatic rings. The van der Waals surface area contributed by atoms with Crippen LogP contribution in [0.2, 0.25) is 0 Å². The van der Waals surface area contributed by atoms with Crippen molar-refractivity contribution in [2.75, 3.05) is 10.5 Å². The summed E-state index contributed by atoms with van der Waals surface area (Å²) in [6.07, 6.45) is 0. The highest BCUT2D eigenvalue weighted by Crippen LogP contribution is 2.29. The smallest absolute Gasteiger partial charge is 0.262 e. The highest BCUT2D eigenvalue weighted by atomic mass is 79.9. The Kier molecular flexibility index (Phi) is 4.41. The summed E-state index contributed by atoms with van der Waals surface area (Å²) in [5.41, 5.74) is 7.52. The maximum atomic E-state index is 12.3. The molecule has 2 aromatic carbocycles. The van der Waals surface area contributed by atoms with Crippen LogP contribution in [0.3, 0.4) is 0 Å². The van der Waals surface area contributed by atoms with Crippen LogP contribution in [0.25, 0.3) is 0 Å². The standard InChI is InChI=1S/C13H12Br2N2O2S/c1-8-3-2-4-12(13(8)15)17-20(18,19)9-5-6-10(14)11(16)7-9/h2-7,17H,16H2,1H3. The van der Waals surface area contributed by atoms with E-state index in [4.69, 9.17) is 5.73 Å². The molecule has 0 unspecified atom stereocenters. The zero-order valence-electron chi connectivity index (χ0n) is 10.5. The average molecular weight is 420 g/mol. The van der Waals surface area contributed by atoms with Gasteiger partial charge in [0, 0.05) is 14.6 Å². The van der Waals surface area contributed by atoms with Crippen LogP contribution in [-0.4, -0.2) is 8.42 Å². The number of anilines is 2. The zero-order valence-corrected chi connectivity index (χ0v) is 14.5. The number of hydrogen-bond donors (Lipinski definition) is 2. The summed E-state index contributed by atoms with van der Waals surface area (Å²) in [4.78, 5) is 0.117. The third kappa shape index (κ3) is 3.16. The minimum atomic E-state index is -3.67. The van der Waals surface area contributed by atoms with Gasteiger partial charge in [-0.2, -0.15) is 0 Å². The van der Waals surface area contributed by atoms with Gasteiger partial charge in [0.05, 0.1) is 10.6 Å². The molecule has 0 atom stereocenters. The SMILES string of the molecule is Cc1cccc(NS(=O)(=O)c2ccc(Br)c(N)c2)c1Br. The molecular formula is C13H12Br2N2O2S. The number of nitrogens with two attached hydrogens (primary N) is 1. The molecule has 106 valence electrons. The Bertz CT molecular complexity index is 761. The van der Waals surface area contributed by atoms with Crippen LogP contribution in [0.4, 0.5) is 11.4 Å². The molecule has 0 saturated heterocycles. The lowest BCUT2D eigenvalue weighted by molar-refractivity contribution is 0.601. The fourth-order valence-electron chi connectivity index (χ4n) is 1.62. The molecule has 0 heterocycles. The van der Waals surface area contributed by atoms with Crippen molar-refractivity contribution in [3.63, 3.8) is 0 Å². The third-order valence-electron chi connectivity index (χ3n) is 2.71. The van der Waals surface area contributed by atoms with E-state index >= 15 is 0 Å². The van der Waals surface area contributed by atoms with Crippen molar-refractivity contribution >= 4 is 53.3 Å². The van der Waals surface area contributed by atoms with Crippen LogP contribution in [0.15, 0.2) is 50.2 Å². The molecule has 20 heavy (non-hydrogen) atoms. The molecule has 7 heteroatoms. The second-order valence-electron chi connectivity index (χ2n) is 4.23. The van der Waals surface area contributed by atoms with E-state index in [1.54, 1.807) is 18.2 Å². The van der Waals surface area contributed by atoms with Gasteiger partial charge in [-0.25, -0.2) is 8.42 Å². The van der Waals surface area contributed by atoms with Gasteiger partial charge in [0.2, 0.25) is 0 Å². The summed E-state index contributed by atoms with van der Waals surface area (Å²) in [5.74, 6) is 0. The van der Waals surface area contributed by atoms with Crippen molar-refractivity contribution in [1.82, 2.24) is 0 Å². The average Bonchev–Trinajstić information content (AvgIpc) is 2.38. The van der Waals surface area contributed by atoms with Gasteiger partial charge in [0.15, 0.2) is 0 Å². The Hall–Kier alpha value is -1.05. The summed E-state index contributed by atoms with van der Waals surface area (Å²) in [5, 5.41) is 0. The van der Waals surface area contributed by atoms with Gasteiger partial charge in [-0.3, -0.25) is 4.72 Å². The molecule has 4 nitrogen and oxygen atoms in total. The maximum absolute atomic E-state index is 12.3. The fourth-order valence-corrected chi connectivity index (χ4v) is 3.47. The van der Waals surface area contributed by atoms with Gasteiger partial charge in [0.25, 0.3) is 10.0 Å². The molecule has 0 amide bonds. The van der Waals surface area contributed by atoms with Gasteiger partial charge in [0.1, 0.15) is 0 Å². The second kappa shape index (κ2) is 5.75. The Balaban J connectivity index is 2.41. The third-order valence-corrected chi connectivity index (χ3v) is 5.85. The Labute approximate surface area is 134 Å². The quantitative estimate of drug-likeness (QED) is 0.741. The van der Waals surface area contributed by atoms with E-state index in [0.29, 0.717) is 20.3 Å². The summed E-state index contributed by atoms with van der Waals surface area (Å²) >= 11 is 6.61. The molecule has 2 aromatic rings. The van der Waals surface area contributed by atoms with E-state index in [-0.39, 0.29) is 4.90 Å². The number of halogens is 2. The molecule has 0 aromatic heterocycles. The summed E-state index contributed by atoms with van der Waals surface area (Å²) in [7, 11) is -3.67. The van der Waals surface area contributed by atoms with Gasteiger partial charge >= 0.3 is 0 Å². The molecule has 2 rings (SSSR count). The summed E-state index contributed by atoms with van der Waals surface area (Å²) in [6.45, 7) is 1.89. The van der Waals surface area contributed by atoms with Gasteiger partial charge in [-0.15, -0.1) is 0 Å². The summed E-state index contributed by atoms with van der Waals surface area (Å²) < 4.78 is 28.6. The minimum absolute atomic E-state index is 0.117. The molecular weight excluding hydrogens is 408 g/mol. The molecule has 0 aliphatic carbocycles. The predicted octanol–water partition coefficient (Wildman–Crippen LogP) is 3.90. The topological polar surface area (TPSA) is 72.2 Å². The lowest BCUT2D eigenvalue weighted by Gasteiger charge is -2.11. The molecule has 0 fully saturated rings. The predicted molar refractivity (Wildman–Crippen MR) is 88.2 cm³/mol. The Morgan fingerprint density at radius 1 is 1.15 bits per heavy atom. The van der Waals surface area contributed by atoms with E-state index in [2.05, 4.69) is 36.6 Å². The normalized spacial score (nSPS) is 11.3. The van der Waals surface area contributed by atoms with E-state index in [1.165, 1.54) is 12.1 Å². The Morgan fingerprint density at radius 2 is 1.85 bits per heavy atom. The van der Waals surface area contributed by atoms with Crippen molar-refractivity contribution in [3.05, 3.63) is 50.9 Å². The number of benzene rings is 2. The van der Waals surface area contributed by atoms with Gasteiger partial charge in [-0.05, 0) is 68.6 Å². The monoisotopic (exact) mass is 418 g/mol. The molecule has 3 N–H and O–H groups in total. The van der Waals surface area contributed by atoms with Crippen LogP contribution in [0, 0.1) is 6.92 Å². The molecule has 0 aliphatic heterocycles. The first-order chi connectivity index (χ1) is 9.31. The number of aryl methyl sites for hydroxylation is 1. The van der Waals surface area contributed by atoms with Crippen molar-refractivity contribution in [1.29, 1.82) is 0 Å². The van der Waals surface area contributed by atoms with Crippen LogP contribution in [0.1, 0.15) is 5.56 Å². The van der Waals surface area contributed by atoms with Crippen LogP contribution < -0.4 is 10.5 Å². The minimum Gasteiger partial charge on any atom is -0.398 e. The molecule has 0 spiro atoms. The highest BCUT2D eigenvalue weighted by molar-refractivity contribution is 9.11. The lowest BCUT2D eigenvalue weighted by atomic mass is 10.2. The van der Waals surface area contributed by atoms with Crippen LogP contribution in [-0.2, 0) is 10.0 Å². The number of rotatable bonds is 3. The van der Waals surface area contributed by atoms with Crippen molar-refractivity contribution in [2.24, 2.45) is 0 Å². The number of sulfonamides is 1. The zero-order chi connectivity index (χ0) is 14.9. The van der Waals surface area contributed by atoms with Gasteiger partial charge in [-0.1, -0.05) is 12.1 Å². The van der Waals surface area contributed by atoms with E-state index < -0.39 is 10.0 Å². The van der Waals surface area contributed by atoms with Crippen molar-refractivity contribution in [3.8, 4) is 0 Å². The lowest BCUT2D eigenvalue weighted by Crippen LogP contribution is -2.13. The highest BCUT2D eigenvalue weighted by Gasteiger charge is 2.17. The van der Waals surface area contributed by atoms with Crippen LogP contribution in [0.5, 0.6) is 0 Å². The fraction of sp³-hybridized carbons (Fsp3) is 0.0769. The van der Waals surface area contributed by atoms with Crippen LogP contribution >= 0.6 is 31.9 Å². The van der Waals surface area contributed by atoms with E-state index in [1.807, 2.05) is 13.0 Å². The molecule has 0 saturated carbocycles. The maximum Gasteiger partial charge on any atom is 0.262 e. The first-order valence-electron chi connectivity index (χ1n) is 5.64. The van der Waals surface area contributed by atoms with E-state index in [9.17, 15) is 8.42 Å². The number of hydrogen-bond acceptors (Lipinski definition) is 3. The van der Waals surface area contributed by atoms with E-state index in [0.717, 1.165) is 5.56 Å². The number of nitrogen functional groups attached to an aromatic ring is 1. The molecule has 0 bridgehead atoms. The first kappa shape index (κ1) is 15.3. The first-order valence-corrected chi connectivity index (χ1v) is 8.71. The largest absolute Gasteiger partial charge is 0.398 e.